The number of hydrogen-bond donors (Lipinski definition) is 2. The summed E-state index contributed by atoms with van der Waals surface area (Å²) in [5, 5.41) is 12.3. The Hall–Kier alpha value is -1.56. The molecule has 1 aromatic rings. The molecule has 0 heterocycles. The van der Waals surface area contributed by atoms with Crippen LogP contribution >= 0.6 is 0 Å². The molecule has 2 rings (SSSR count). The predicted molar refractivity (Wildman–Crippen MR) is 67.5 cm³/mol. The van der Waals surface area contributed by atoms with Crippen molar-refractivity contribution in [1.82, 2.24) is 5.32 Å². The molecule has 0 saturated heterocycles. The van der Waals surface area contributed by atoms with Crippen LogP contribution in [0.5, 0.6) is 0 Å². The van der Waals surface area contributed by atoms with E-state index in [0.717, 1.165) is 31.4 Å². The van der Waals surface area contributed by atoms with Crippen molar-refractivity contribution in [2.45, 2.75) is 37.4 Å². The average molecular weight is 287 g/mol. The van der Waals surface area contributed by atoms with Gasteiger partial charge < -0.3 is 10.4 Å². The summed E-state index contributed by atoms with van der Waals surface area (Å²) >= 11 is 0. The van der Waals surface area contributed by atoms with Crippen molar-refractivity contribution in [2.75, 3.05) is 6.54 Å². The third-order valence-corrected chi connectivity index (χ3v) is 3.65. The Balaban J connectivity index is 2.06. The average Bonchev–Trinajstić information content (AvgIpc) is 2.31. The Morgan fingerprint density at radius 1 is 1.30 bits per heavy atom. The van der Waals surface area contributed by atoms with E-state index >= 15 is 0 Å². The minimum atomic E-state index is -4.40. The van der Waals surface area contributed by atoms with Crippen LogP contribution in [0.2, 0.25) is 0 Å². The molecule has 0 radical (unpaired) electrons. The van der Waals surface area contributed by atoms with Crippen molar-refractivity contribution in [3.05, 3.63) is 35.4 Å². The molecule has 1 aromatic carbocycles. The van der Waals surface area contributed by atoms with Gasteiger partial charge in [0.2, 0.25) is 0 Å². The Morgan fingerprint density at radius 2 is 1.90 bits per heavy atom. The summed E-state index contributed by atoms with van der Waals surface area (Å²) in [6, 6.07) is 4.67. The monoisotopic (exact) mass is 287 g/mol. The van der Waals surface area contributed by atoms with E-state index in [1.54, 1.807) is 0 Å². The summed E-state index contributed by atoms with van der Waals surface area (Å²) in [6.45, 7) is 0.241. The Bertz CT molecular complexity index is 466. The molecule has 6 heteroatoms. The molecule has 0 spiro atoms. The second-order valence-corrected chi connectivity index (χ2v) is 5.05. The molecule has 0 amide bonds. The summed E-state index contributed by atoms with van der Waals surface area (Å²) in [6.07, 6.45) is -1.21. The molecule has 0 bridgehead atoms. The van der Waals surface area contributed by atoms with E-state index in [2.05, 4.69) is 5.32 Å². The van der Waals surface area contributed by atoms with E-state index in [1.807, 2.05) is 0 Å². The molecule has 0 aromatic heterocycles. The first-order valence-corrected chi connectivity index (χ1v) is 6.51. The van der Waals surface area contributed by atoms with Crippen molar-refractivity contribution in [3.63, 3.8) is 0 Å². The maximum atomic E-state index is 12.5. The van der Waals surface area contributed by atoms with Gasteiger partial charge in [-0.25, -0.2) is 0 Å². The first kappa shape index (κ1) is 14.8. The highest BCUT2D eigenvalue weighted by Gasteiger charge is 2.31. The lowest BCUT2D eigenvalue weighted by molar-refractivity contribution is -0.138. The van der Waals surface area contributed by atoms with Crippen molar-refractivity contribution < 1.29 is 23.1 Å². The number of carboxylic acid groups (broad SMARTS) is 1. The van der Waals surface area contributed by atoms with Crippen molar-refractivity contribution in [1.29, 1.82) is 0 Å². The van der Waals surface area contributed by atoms with Crippen LogP contribution in [0.25, 0.3) is 0 Å². The maximum Gasteiger partial charge on any atom is 0.416 e. The molecule has 1 fully saturated rings. The third kappa shape index (κ3) is 3.50. The summed E-state index contributed by atoms with van der Waals surface area (Å²) in [5.41, 5.74) is -0.380. The number of hydrogen-bond acceptors (Lipinski definition) is 2. The van der Waals surface area contributed by atoms with E-state index < -0.39 is 23.6 Å². The molecule has 2 N–H and O–H groups in total. The summed E-state index contributed by atoms with van der Waals surface area (Å²) in [4.78, 5) is 11.2. The highest BCUT2D eigenvalue weighted by atomic mass is 19.4. The standard InChI is InChI=1S/C14H16F3NO2/c15-14(16,17)10-6-4-9(5-7-10)12(13(19)20)8-18-11-2-1-3-11/h4-7,11-12,18H,1-3,8H2,(H,19,20). The molecule has 110 valence electrons. The van der Waals surface area contributed by atoms with Gasteiger partial charge >= 0.3 is 12.1 Å². The van der Waals surface area contributed by atoms with Crippen LogP contribution in [-0.4, -0.2) is 23.7 Å². The molecule has 1 unspecified atom stereocenters. The topological polar surface area (TPSA) is 49.3 Å². The Kier molecular flexibility index (Phi) is 4.32. The quantitative estimate of drug-likeness (QED) is 0.875. The maximum absolute atomic E-state index is 12.5. The second-order valence-electron chi connectivity index (χ2n) is 5.05. The van der Waals surface area contributed by atoms with Crippen LogP contribution < -0.4 is 5.32 Å². The summed E-state index contributed by atoms with van der Waals surface area (Å²) < 4.78 is 37.4. The largest absolute Gasteiger partial charge is 0.481 e. The van der Waals surface area contributed by atoms with Crippen molar-refractivity contribution in [3.8, 4) is 0 Å². The zero-order chi connectivity index (χ0) is 14.8. The third-order valence-electron chi connectivity index (χ3n) is 3.65. The van der Waals surface area contributed by atoms with Gasteiger partial charge in [-0.2, -0.15) is 13.2 Å². The van der Waals surface area contributed by atoms with Gasteiger partial charge in [0.15, 0.2) is 0 Å². The molecular weight excluding hydrogens is 271 g/mol. The second kappa shape index (κ2) is 5.83. The van der Waals surface area contributed by atoms with Crippen LogP contribution in [0, 0.1) is 0 Å². The lowest BCUT2D eigenvalue weighted by atomic mass is 9.91. The lowest BCUT2D eigenvalue weighted by Crippen LogP contribution is -2.39. The van der Waals surface area contributed by atoms with Gasteiger partial charge in [0.05, 0.1) is 11.5 Å². The number of aliphatic carboxylic acids is 1. The van der Waals surface area contributed by atoms with E-state index in [-0.39, 0.29) is 6.54 Å². The highest BCUT2D eigenvalue weighted by Crippen LogP contribution is 2.30. The van der Waals surface area contributed by atoms with Gasteiger partial charge in [-0.15, -0.1) is 0 Å². The summed E-state index contributed by atoms with van der Waals surface area (Å²) in [7, 11) is 0. The van der Waals surface area contributed by atoms with Crippen LogP contribution in [0.3, 0.4) is 0 Å². The van der Waals surface area contributed by atoms with E-state index in [9.17, 15) is 23.1 Å². The number of alkyl halides is 3. The highest BCUT2D eigenvalue weighted by molar-refractivity contribution is 5.76. The molecular formula is C14H16F3NO2. The number of rotatable bonds is 5. The molecule has 3 nitrogen and oxygen atoms in total. The van der Waals surface area contributed by atoms with Gasteiger partial charge in [0.1, 0.15) is 0 Å². The molecule has 1 atom stereocenters. The Labute approximate surface area is 114 Å². The van der Waals surface area contributed by atoms with Gasteiger partial charge in [-0.05, 0) is 30.5 Å². The van der Waals surface area contributed by atoms with Crippen LogP contribution in [0.15, 0.2) is 24.3 Å². The number of carbonyl (C=O) groups is 1. The zero-order valence-electron chi connectivity index (χ0n) is 10.8. The number of carboxylic acids is 1. The van der Waals surface area contributed by atoms with E-state index in [0.29, 0.717) is 11.6 Å². The lowest BCUT2D eigenvalue weighted by Gasteiger charge is -2.28. The van der Waals surface area contributed by atoms with Crippen LogP contribution in [0.1, 0.15) is 36.3 Å². The first-order chi connectivity index (χ1) is 9.38. The van der Waals surface area contributed by atoms with Crippen molar-refractivity contribution >= 4 is 5.97 Å². The van der Waals surface area contributed by atoms with E-state index in [4.69, 9.17) is 0 Å². The zero-order valence-corrected chi connectivity index (χ0v) is 10.8. The Morgan fingerprint density at radius 3 is 2.30 bits per heavy atom. The van der Waals surface area contributed by atoms with Gasteiger partial charge in [-0.3, -0.25) is 4.79 Å². The van der Waals surface area contributed by atoms with Gasteiger partial charge in [0, 0.05) is 12.6 Å². The number of halogens is 3. The SMILES string of the molecule is O=C(O)C(CNC1CCC1)c1ccc(C(F)(F)F)cc1. The van der Waals surface area contributed by atoms with Crippen LogP contribution in [-0.2, 0) is 11.0 Å². The van der Waals surface area contributed by atoms with Gasteiger partial charge in [-0.1, -0.05) is 18.6 Å². The fourth-order valence-electron chi connectivity index (χ4n) is 2.15. The van der Waals surface area contributed by atoms with Crippen molar-refractivity contribution in [2.24, 2.45) is 0 Å². The predicted octanol–water partition coefficient (Wildman–Crippen LogP) is 3.02. The minimum absolute atomic E-state index is 0.241. The van der Waals surface area contributed by atoms with E-state index in [1.165, 1.54) is 12.1 Å². The number of benzene rings is 1. The van der Waals surface area contributed by atoms with Crippen LogP contribution in [0.4, 0.5) is 13.2 Å². The minimum Gasteiger partial charge on any atom is -0.481 e. The molecule has 1 saturated carbocycles. The van der Waals surface area contributed by atoms with Gasteiger partial charge in [0.25, 0.3) is 0 Å². The smallest absolute Gasteiger partial charge is 0.416 e. The normalized spacial score (nSPS) is 17.6. The molecule has 1 aliphatic carbocycles. The molecule has 20 heavy (non-hydrogen) atoms. The molecule has 1 aliphatic rings. The first-order valence-electron chi connectivity index (χ1n) is 6.51. The fraction of sp³-hybridized carbons (Fsp3) is 0.500. The number of nitrogens with one attached hydrogen (secondary N) is 1. The fourth-order valence-corrected chi connectivity index (χ4v) is 2.15. The summed E-state index contributed by atoms with van der Waals surface area (Å²) in [5.74, 6) is -1.85. The molecule has 0 aliphatic heterocycles.